The van der Waals surface area contributed by atoms with E-state index in [9.17, 15) is 4.79 Å². The highest BCUT2D eigenvalue weighted by Gasteiger charge is 2.18. The van der Waals surface area contributed by atoms with Crippen molar-refractivity contribution in [3.8, 4) is 22.5 Å². The Bertz CT molecular complexity index is 1960. The van der Waals surface area contributed by atoms with Crippen LogP contribution in [0.3, 0.4) is 0 Å². The number of hydrogen-bond acceptors (Lipinski definition) is 2. The molecule has 0 atom stereocenters. The van der Waals surface area contributed by atoms with Crippen molar-refractivity contribution in [2.75, 3.05) is 0 Å². The van der Waals surface area contributed by atoms with E-state index in [1.54, 1.807) is 4.57 Å². The number of rotatable bonds is 3. The topological polar surface area (TPSA) is 39.8 Å². The van der Waals surface area contributed by atoms with Crippen LogP contribution in [0.2, 0.25) is 0 Å². The van der Waals surface area contributed by atoms with Crippen LogP contribution in [0, 0.1) is 41.5 Å². The first-order chi connectivity index (χ1) is 18.2. The summed E-state index contributed by atoms with van der Waals surface area (Å²) < 4.78 is 3.59. The number of nitrogens with zero attached hydrogens (tertiary/aromatic N) is 3. The van der Waals surface area contributed by atoms with Crippen molar-refractivity contribution in [1.29, 1.82) is 0 Å². The summed E-state index contributed by atoms with van der Waals surface area (Å²) in [4.78, 5) is 14.1. The van der Waals surface area contributed by atoms with Crippen LogP contribution >= 0.6 is 0 Å². The zero-order valence-corrected chi connectivity index (χ0v) is 22.8. The van der Waals surface area contributed by atoms with Crippen molar-refractivity contribution in [3.05, 3.63) is 123 Å². The van der Waals surface area contributed by atoms with E-state index in [-0.39, 0.29) is 5.56 Å². The fraction of sp³-hybridized carbons (Fsp3) is 0.176. The van der Waals surface area contributed by atoms with E-state index in [0.717, 1.165) is 44.5 Å². The zero-order chi connectivity index (χ0) is 26.7. The predicted molar refractivity (Wildman–Crippen MR) is 158 cm³/mol. The van der Waals surface area contributed by atoms with Crippen molar-refractivity contribution in [2.24, 2.45) is 0 Å². The Morgan fingerprint density at radius 1 is 0.632 bits per heavy atom. The molecule has 2 aromatic heterocycles. The molecule has 4 nitrogen and oxygen atoms in total. The van der Waals surface area contributed by atoms with Crippen LogP contribution in [0.5, 0.6) is 0 Å². The van der Waals surface area contributed by atoms with Crippen LogP contribution in [-0.2, 0) is 0 Å². The van der Waals surface area contributed by atoms with E-state index in [1.807, 2.05) is 29.9 Å². The molecule has 0 aliphatic rings. The molecule has 4 heteroatoms. The summed E-state index contributed by atoms with van der Waals surface area (Å²) in [5, 5.41) is 8.07. The molecule has 188 valence electrons. The molecule has 0 unspecified atom stereocenters. The summed E-state index contributed by atoms with van der Waals surface area (Å²) >= 11 is 0. The largest absolute Gasteiger partial charge is 0.282 e. The van der Waals surface area contributed by atoms with E-state index in [4.69, 9.17) is 5.10 Å². The molecule has 6 rings (SSSR count). The Hall–Kier alpha value is -4.44. The molecular formula is C34H31N3O. The molecule has 0 spiro atoms. The second-order valence-electron chi connectivity index (χ2n) is 10.5. The van der Waals surface area contributed by atoms with Gasteiger partial charge in [0.15, 0.2) is 0 Å². The fourth-order valence-corrected chi connectivity index (χ4v) is 5.54. The molecule has 0 amide bonds. The van der Waals surface area contributed by atoms with E-state index in [0.29, 0.717) is 5.52 Å². The van der Waals surface area contributed by atoms with Crippen molar-refractivity contribution in [1.82, 2.24) is 14.3 Å². The van der Waals surface area contributed by atoms with Gasteiger partial charge in [-0.05, 0) is 122 Å². The highest BCUT2D eigenvalue weighted by molar-refractivity contribution is 5.89. The molecule has 0 bridgehead atoms. The molecule has 6 aromatic rings. The summed E-state index contributed by atoms with van der Waals surface area (Å²) in [6.07, 6.45) is 1.87. The van der Waals surface area contributed by atoms with Gasteiger partial charge in [0.25, 0.3) is 5.56 Å². The van der Waals surface area contributed by atoms with Gasteiger partial charge in [-0.1, -0.05) is 42.5 Å². The molecule has 0 saturated heterocycles. The number of aromatic nitrogens is 3. The molecule has 0 N–H and O–H groups in total. The Kier molecular flexibility index (Phi) is 5.57. The van der Waals surface area contributed by atoms with Crippen molar-refractivity contribution < 1.29 is 0 Å². The second-order valence-corrected chi connectivity index (χ2v) is 10.5. The average Bonchev–Trinajstić information content (AvgIpc) is 3.22. The van der Waals surface area contributed by atoms with Gasteiger partial charge in [0, 0.05) is 11.6 Å². The van der Waals surface area contributed by atoms with E-state index < -0.39 is 0 Å². The van der Waals surface area contributed by atoms with Crippen molar-refractivity contribution in [3.63, 3.8) is 0 Å². The lowest BCUT2D eigenvalue weighted by Crippen LogP contribution is -2.21. The van der Waals surface area contributed by atoms with Crippen molar-refractivity contribution >= 4 is 21.7 Å². The lowest BCUT2D eigenvalue weighted by molar-refractivity contribution is 0.870. The van der Waals surface area contributed by atoms with E-state index in [1.165, 1.54) is 27.6 Å². The highest BCUT2D eigenvalue weighted by Crippen LogP contribution is 2.29. The van der Waals surface area contributed by atoms with Gasteiger partial charge < -0.3 is 0 Å². The molecule has 0 saturated carbocycles. The minimum atomic E-state index is -0.0746. The van der Waals surface area contributed by atoms with Gasteiger partial charge in [0.2, 0.25) is 0 Å². The maximum absolute atomic E-state index is 14.1. The molecular weight excluding hydrogens is 466 g/mol. The maximum atomic E-state index is 14.1. The first kappa shape index (κ1) is 23.9. The first-order valence-electron chi connectivity index (χ1n) is 13.0. The predicted octanol–water partition coefficient (Wildman–Crippen LogP) is 7.85. The number of fused-ring (bicyclic) bond motifs is 2. The van der Waals surface area contributed by atoms with Gasteiger partial charge in [-0.3, -0.25) is 9.36 Å². The standard InChI is InChI=1S/C34H31N3O/c1-20-9-7-8-10-29(20)26-11-12-31(23(4)17-26)36-14-13-30-25(6)35-37(33(30)34(36)38)32-19-28-16-22(3)21(2)15-27(28)18-24(32)5/h7-19H,1-6H3. The maximum Gasteiger partial charge on any atom is 0.281 e. The smallest absolute Gasteiger partial charge is 0.281 e. The van der Waals surface area contributed by atoms with Crippen LogP contribution in [0.25, 0.3) is 44.2 Å². The van der Waals surface area contributed by atoms with Gasteiger partial charge in [-0.2, -0.15) is 5.10 Å². The minimum Gasteiger partial charge on any atom is -0.282 e. The molecule has 2 heterocycles. The summed E-state index contributed by atoms with van der Waals surface area (Å²) in [6.45, 7) is 12.5. The molecule has 4 aromatic carbocycles. The number of hydrogen-bond donors (Lipinski definition) is 0. The van der Waals surface area contributed by atoms with Gasteiger partial charge in [-0.15, -0.1) is 0 Å². The average molecular weight is 498 g/mol. The third-order valence-corrected chi connectivity index (χ3v) is 7.83. The fourth-order valence-electron chi connectivity index (χ4n) is 5.54. The lowest BCUT2D eigenvalue weighted by atomic mass is 9.98. The number of benzene rings is 4. The molecule has 0 fully saturated rings. The van der Waals surface area contributed by atoms with Crippen LogP contribution in [0.15, 0.2) is 83.8 Å². The highest BCUT2D eigenvalue weighted by atomic mass is 16.1. The SMILES string of the molecule is Cc1cc2cc(C)c(-n3nc(C)c4ccn(-c5ccc(-c6ccccc6C)cc5C)c(=O)c43)cc2cc1C. The quantitative estimate of drug-likeness (QED) is 0.250. The summed E-state index contributed by atoms with van der Waals surface area (Å²) in [5.41, 5.74) is 11.4. The molecule has 0 aliphatic carbocycles. The number of aryl methyl sites for hydroxylation is 6. The third kappa shape index (κ3) is 3.76. The Balaban J connectivity index is 1.54. The van der Waals surface area contributed by atoms with E-state index in [2.05, 4.69) is 95.3 Å². The minimum absolute atomic E-state index is 0.0746. The Labute approximate surface area is 222 Å². The van der Waals surface area contributed by atoms with E-state index >= 15 is 0 Å². The molecule has 0 radical (unpaired) electrons. The Morgan fingerprint density at radius 3 is 2.00 bits per heavy atom. The molecule has 0 aliphatic heterocycles. The van der Waals surface area contributed by atoms with Crippen molar-refractivity contribution in [2.45, 2.75) is 41.5 Å². The summed E-state index contributed by atoms with van der Waals surface area (Å²) in [7, 11) is 0. The lowest BCUT2D eigenvalue weighted by Gasteiger charge is -2.14. The van der Waals surface area contributed by atoms with Gasteiger partial charge in [0.05, 0.1) is 17.1 Å². The monoisotopic (exact) mass is 497 g/mol. The van der Waals surface area contributed by atoms with Crippen LogP contribution in [-0.4, -0.2) is 14.3 Å². The number of pyridine rings is 1. The van der Waals surface area contributed by atoms with Crippen LogP contribution in [0.4, 0.5) is 0 Å². The summed E-state index contributed by atoms with van der Waals surface area (Å²) in [5.74, 6) is 0. The first-order valence-corrected chi connectivity index (χ1v) is 13.0. The summed E-state index contributed by atoms with van der Waals surface area (Å²) in [6, 6.07) is 25.5. The van der Waals surface area contributed by atoms with Crippen LogP contribution in [0.1, 0.15) is 33.5 Å². The normalized spacial score (nSPS) is 11.5. The third-order valence-electron chi connectivity index (χ3n) is 7.83. The van der Waals surface area contributed by atoms with Gasteiger partial charge in [-0.25, -0.2) is 4.68 Å². The van der Waals surface area contributed by atoms with Gasteiger partial charge >= 0.3 is 0 Å². The Morgan fingerprint density at radius 2 is 1.29 bits per heavy atom. The zero-order valence-electron chi connectivity index (χ0n) is 22.8. The second kappa shape index (κ2) is 8.84. The van der Waals surface area contributed by atoms with Gasteiger partial charge in [0.1, 0.15) is 5.52 Å². The van der Waals surface area contributed by atoms with Crippen LogP contribution < -0.4 is 5.56 Å². The molecule has 38 heavy (non-hydrogen) atoms.